The fourth-order valence-corrected chi connectivity index (χ4v) is 2.49. The van der Waals surface area contributed by atoms with Gasteiger partial charge in [0.15, 0.2) is 0 Å². The van der Waals surface area contributed by atoms with Gasteiger partial charge in [0.25, 0.3) is 0 Å². The lowest BCUT2D eigenvalue weighted by atomic mass is 9.75. The summed E-state index contributed by atoms with van der Waals surface area (Å²) in [5.74, 6) is -0.330. The van der Waals surface area contributed by atoms with Crippen LogP contribution in [0.2, 0.25) is 0 Å². The van der Waals surface area contributed by atoms with E-state index in [1.165, 1.54) is 0 Å². The molecule has 0 bridgehead atoms. The van der Waals surface area contributed by atoms with Gasteiger partial charge in [-0.1, -0.05) is 13.3 Å². The van der Waals surface area contributed by atoms with Crippen molar-refractivity contribution in [2.75, 3.05) is 0 Å². The Bertz CT molecular complexity index is 307. The van der Waals surface area contributed by atoms with E-state index in [4.69, 9.17) is 0 Å². The number of rotatable bonds is 4. The summed E-state index contributed by atoms with van der Waals surface area (Å²) in [6.45, 7) is 5.82. The zero-order valence-corrected chi connectivity index (χ0v) is 11.5. The highest BCUT2D eigenvalue weighted by Crippen LogP contribution is 2.33. The average molecular weight is 256 g/mol. The Kier molecular flexibility index (Phi) is 4.99. The van der Waals surface area contributed by atoms with Gasteiger partial charge in [-0.05, 0) is 45.4 Å². The van der Waals surface area contributed by atoms with Crippen LogP contribution < -0.4 is 10.6 Å². The molecule has 1 rings (SSSR count). The van der Waals surface area contributed by atoms with Crippen molar-refractivity contribution in [1.29, 1.82) is 0 Å². The van der Waals surface area contributed by atoms with Crippen LogP contribution in [0.3, 0.4) is 0 Å². The quantitative estimate of drug-likeness (QED) is 0.721. The number of carboxylic acid groups (broad SMARTS) is 1. The maximum atomic E-state index is 11.7. The SMILES string of the molecule is CCC1CCC(NC(=O)NC(C)C)(C(=O)O)CC1. The van der Waals surface area contributed by atoms with Crippen LogP contribution in [-0.4, -0.2) is 28.7 Å². The molecule has 0 unspecified atom stereocenters. The summed E-state index contributed by atoms with van der Waals surface area (Å²) in [5, 5.41) is 14.7. The number of carboxylic acids is 1. The minimum absolute atomic E-state index is 0.00262. The van der Waals surface area contributed by atoms with E-state index in [1.807, 2.05) is 13.8 Å². The molecule has 0 aromatic rings. The van der Waals surface area contributed by atoms with E-state index in [2.05, 4.69) is 17.6 Å². The smallest absolute Gasteiger partial charge is 0.329 e. The van der Waals surface area contributed by atoms with Gasteiger partial charge in [0.2, 0.25) is 0 Å². The lowest BCUT2D eigenvalue weighted by Gasteiger charge is -2.37. The minimum atomic E-state index is -1.08. The molecule has 5 nitrogen and oxygen atoms in total. The first-order chi connectivity index (χ1) is 8.39. The summed E-state index contributed by atoms with van der Waals surface area (Å²) in [5.41, 5.74) is -1.08. The van der Waals surface area contributed by atoms with Crippen LogP contribution in [-0.2, 0) is 4.79 Å². The highest BCUT2D eigenvalue weighted by atomic mass is 16.4. The van der Waals surface area contributed by atoms with Gasteiger partial charge in [-0.15, -0.1) is 0 Å². The molecule has 0 heterocycles. The van der Waals surface area contributed by atoms with Gasteiger partial charge in [0.05, 0.1) is 0 Å². The second-order valence-electron chi connectivity index (χ2n) is 5.49. The lowest BCUT2D eigenvalue weighted by Crippen LogP contribution is -2.59. The average Bonchev–Trinajstić information content (AvgIpc) is 2.28. The standard InChI is InChI=1S/C13H24N2O3/c1-4-10-5-7-13(8-6-10,11(16)17)15-12(18)14-9(2)3/h9-10H,4-8H2,1-3H3,(H,16,17)(H2,14,15,18). The molecule has 0 radical (unpaired) electrons. The van der Waals surface area contributed by atoms with Crippen molar-refractivity contribution < 1.29 is 14.7 Å². The van der Waals surface area contributed by atoms with Crippen LogP contribution in [0.5, 0.6) is 0 Å². The third-order valence-corrected chi connectivity index (χ3v) is 3.72. The summed E-state index contributed by atoms with van der Waals surface area (Å²) in [6, 6.07) is -0.384. The molecule has 0 saturated heterocycles. The molecule has 0 spiro atoms. The van der Waals surface area contributed by atoms with Crippen molar-refractivity contribution in [3.8, 4) is 0 Å². The molecule has 18 heavy (non-hydrogen) atoms. The Labute approximate surface area is 108 Å². The van der Waals surface area contributed by atoms with Crippen LogP contribution >= 0.6 is 0 Å². The Morgan fingerprint density at radius 2 is 1.89 bits per heavy atom. The molecule has 0 aromatic heterocycles. The molecule has 1 aliphatic rings. The molecular formula is C13H24N2O3. The number of nitrogens with one attached hydrogen (secondary N) is 2. The van der Waals surface area contributed by atoms with Gasteiger partial charge in [-0.2, -0.15) is 0 Å². The number of carbonyl (C=O) groups is 2. The first-order valence-corrected chi connectivity index (χ1v) is 6.71. The maximum absolute atomic E-state index is 11.7. The number of aliphatic carboxylic acids is 1. The van der Waals surface area contributed by atoms with E-state index >= 15 is 0 Å². The fraction of sp³-hybridized carbons (Fsp3) is 0.846. The normalized spacial score (nSPS) is 27.9. The van der Waals surface area contributed by atoms with Gasteiger partial charge < -0.3 is 15.7 Å². The van der Waals surface area contributed by atoms with Crippen molar-refractivity contribution in [2.45, 2.75) is 64.5 Å². The van der Waals surface area contributed by atoms with Crippen LogP contribution in [0.4, 0.5) is 4.79 Å². The molecule has 5 heteroatoms. The van der Waals surface area contributed by atoms with Gasteiger partial charge in [-0.25, -0.2) is 9.59 Å². The predicted octanol–water partition coefficient (Wildman–Crippen LogP) is 2.12. The van der Waals surface area contributed by atoms with E-state index in [1.54, 1.807) is 0 Å². The molecular weight excluding hydrogens is 232 g/mol. The molecule has 0 atom stereocenters. The molecule has 1 saturated carbocycles. The predicted molar refractivity (Wildman–Crippen MR) is 69.4 cm³/mol. The minimum Gasteiger partial charge on any atom is -0.480 e. The zero-order valence-electron chi connectivity index (χ0n) is 11.5. The number of hydrogen-bond donors (Lipinski definition) is 3. The van der Waals surface area contributed by atoms with E-state index in [0.717, 1.165) is 19.3 Å². The van der Waals surface area contributed by atoms with E-state index in [-0.39, 0.29) is 12.1 Å². The molecule has 1 fully saturated rings. The number of amides is 2. The first-order valence-electron chi connectivity index (χ1n) is 6.71. The van der Waals surface area contributed by atoms with Gasteiger partial charge in [0.1, 0.15) is 5.54 Å². The molecule has 3 N–H and O–H groups in total. The third-order valence-electron chi connectivity index (χ3n) is 3.72. The van der Waals surface area contributed by atoms with Crippen LogP contribution in [0.15, 0.2) is 0 Å². The Hall–Kier alpha value is -1.26. The van der Waals surface area contributed by atoms with Crippen LogP contribution in [0, 0.1) is 5.92 Å². The molecule has 104 valence electrons. The van der Waals surface area contributed by atoms with E-state index in [0.29, 0.717) is 18.8 Å². The van der Waals surface area contributed by atoms with Crippen LogP contribution in [0.25, 0.3) is 0 Å². The molecule has 0 aromatic carbocycles. The van der Waals surface area contributed by atoms with Gasteiger partial charge in [-0.3, -0.25) is 0 Å². The number of urea groups is 1. The third kappa shape index (κ3) is 3.62. The zero-order chi connectivity index (χ0) is 13.8. The van der Waals surface area contributed by atoms with Crippen molar-refractivity contribution in [3.05, 3.63) is 0 Å². The van der Waals surface area contributed by atoms with Gasteiger partial charge >= 0.3 is 12.0 Å². The topological polar surface area (TPSA) is 78.4 Å². The highest BCUT2D eigenvalue weighted by molar-refractivity contribution is 5.86. The first kappa shape index (κ1) is 14.8. The second kappa shape index (κ2) is 6.07. The summed E-state index contributed by atoms with van der Waals surface area (Å²) in [7, 11) is 0. The monoisotopic (exact) mass is 256 g/mol. The summed E-state index contributed by atoms with van der Waals surface area (Å²) < 4.78 is 0. The van der Waals surface area contributed by atoms with Crippen molar-refractivity contribution in [1.82, 2.24) is 10.6 Å². The largest absolute Gasteiger partial charge is 0.480 e. The van der Waals surface area contributed by atoms with Crippen molar-refractivity contribution in [3.63, 3.8) is 0 Å². The van der Waals surface area contributed by atoms with Crippen molar-refractivity contribution in [2.24, 2.45) is 5.92 Å². The van der Waals surface area contributed by atoms with E-state index in [9.17, 15) is 14.7 Å². The number of carbonyl (C=O) groups excluding carboxylic acids is 1. The molecule has 0 aliphatic heterocycles. The van der Waals surface area contributed by atoms with Crippen LogP contribution in [0.1, 0.15) is 52.9 Å². The molecule has 1 aliphatic carbocycles. The Balaban J connectivity index is 2.65. The summed E-state index contributed by atoms with van der Waals surface area (Å²) in [4.78, 5) is 23.1. The number of hydrogen-bond acceptors (Lipinski definition) is 2. The molecule has 2 amide bonds. The summed E-state index contributed by atoms with van der Waals surface area (Å²) >= 11 is 0. The lowest BCUT2D eigenvalue weighted by molar-refractivity contribution is -0.146. The van der Waals surface area contributed by atoms with Gasteiger partial charge in [0, 0.05) is 6.04 Å². The highest BCUT2D eigenvalue weighted by Gasteiger charge is 2.42. The Morgan fingerprint density at radius 3 is 2.28 bits per heavy atom. The summed E-state index contributed by atoms with van der Waals surface area (Å²) in [6.07, 6.45) is 3.85. The van der Waals surface area contributed by atoms with E-state index < -0.39 is 11.5 Å². The Morgan fingerprint density at radius 1 is 1.33 bits per heavy atom. The maximum Gasteiger partial charge on any atom is 0.329 e. The second-order valence-corrected chi connectivity index (χ2v) is 5.49. The fourth-order valence-electron chi connectivity index (χ4n) is 2.49. The van der Waals surface area contributed by atoms with Crippen molar-refractivity contribution >= 4 is 12.0 Å².